The Morgan fingerprint density at radius 2 is 2.19 bits per heavy atom. The van der Waals surface area contributed by atoms with E-state index in [1.165, 1.54) is 11.3 Å². The van der Waals surface area contributed by atoms with Crippen molar-refractivity contribution in [3.8, 4) is 10.6 Å². The summed E-state index contributed by atoms with van der Waals surface area (Å²) in [6.07, 6.45) is 2.12. The fourth-order valence-electron chi connectivity index (χ4n) is 2.57. The molecule has 0 radical (unpaired) electrons. The van der Waals surface area contributed by atoms with Crippen molar-refractivity contribution < 1.29 is 4.79 Å². The summed E-state index contributed by atoms with van der Waals surface area (Å²) in [5.41, 5.74) is 1.56. The zero-order valence-corrected chi connectivity index (χ0v) is 12.8. The fourth-order valence-corrected chi connectivity index (χ4v) is 3.38. The molecule has 2 N–H and O–H groups in total. The second-order valence-corrected chi connectivity index (χ2v) is 6.23. The van der Waals surface area contributed by atoms with E-state index in [9.17, 15) is 4.79 Å². The number of carbonyl (C=O) groups is 1. The summed E-state index contributed by atoms with van der Waals surface area (Å²) >= 11 is 1.51. The van der Waals surface area contributed by atoms with Crippen molar-refractivity contribution in [2.75, 3.05) is 6.54 Å². The zero-order valence-electron chi connectivity index (χ0n) is 12.0. The summed E-state index contributed by atoms with van der Waals surface area (Å²) in [6.45, 7) is 3.14. The lowest BCUT2D eigenvalue weighted by atomic mass is 10.00. The third kappa shape index (κ3) is 3.31. The van der Waals surface area contributed by atoms with Gasteiger partial charge in [0.05, 0.1) is 0 Å². The Balaban J connectivity index is 1.69. The molecule has 2 unspecified atom stereocenters. The van der Waals surface area contributed by atoms with Crippen molar-refractivity contribution in [1.82, 2.24) is 15.6 Å². The van der Waals surface area contributed by atoms with Crippen molar-refractivity contribution in [1.29, 1.82) is 0 Å². The number of aromatic nitrogens is 1. The summed E-state index contributed by atoms with van der Waals surface area (Å²) in [4.78, 5) is 16.8. The van der Waals surface area contributed by atoms with E-state index in [4.69, 9.17) is 0 Å². The van der Waals surface area contributed by atoms with Crippen molar-refractivity contribution in [2.45, 2.75) is 31.8 Å². The van der Waals surface area contributed by atoms with Crippen LogP contribution in [0.2, 0.25) is 0 Å². The third-order valence-electron chi connectivity index (χ3n) is 3.84. The minimum Gasteiger partial charge on any atom is -0.346 e. The second-order valence-electron chi connectivity index (χ2n) is 5.37. The Kier molecular flexibility index (Phi) is 4.31. The minimum atomic E-state index is -0.0750. The van der Waals surface area contributed by atoms with Gasteiger partial charge in [-0.1, -0.05) is 30.3 Å². The van der Waals surface area contributed by atoms with E-state index in [1.807, 2.05) is 35.7 Å². The molecule has 2 heterocycles. The van der Waals surface area contributed by atoms with Crippen molar-refractivity contribution in [2.24, 2.45) is 0 Å². The topological polar surface area (TPSA) is 54.0 Å². The van der Waals surface area contributed by atoms with Gasteiger partial charge in [0.2, 0.25) is 0 Å². The maximum Gasteiger partial charge on any atom is 0.271 e. The lowest BCUT2D eigenvalue weighted by Crippen LogP contribution is -2.51. The van der Waals surface area contributed by atoms with E-state index in [0.717, 1.165) is 30.0 Å². The molecule has 1 aromatic heterocycles. The first-order valence-electron chi connectivity index (χ1n) is 7.29. The molecule has 5 heteroatoms. The van der Waals surface area contributed by atoms with Gasteiger partial charge in [0.25, 0.3) is 5.91 Å². The highest BCUT2D eigenvalue weighted by atomic mass is 32.1. The molecule has 3 rings (SSSR count). The second kappa shape index (κ2) is 6.37. The number of amides is 1. The summed E-state index contributed by atoms with van der Waals surface area (Å²) in [5, 5.41) is 9.20. The van der Waals surface area contributed by atoms with Crippen LogP contribution in [0.3, 0.4) is 0 Å². The van der Waals surface area contributed by atoms with Crippen LogP contribution in [0.5, 0.6) is 0 Å². The first-order chi connectivity index (χ1) is 10.2. The van der Waals surface area contributed by atoms with Gasteiger partial charge in [-0.2, -0.15) is 0 Å². The normalized spacial score (nSPS) is 22.0. The van der Waals surface area contributed by atoms with Gasteiger partial charge in [-0.15, -0.1) is 11.3 Å². The quantitative estimate of drug-likeness (QED) is 0.916. The molecule has 2 aromatic rings. The molecule has 4 nitrogen and oxygen atoms in total. The maximum absolute atomic E-state index is 12.3. The van der Waals surface area contributed by atoms with Gasteiger partial charge in [0.15, 0.2) is 0 Å². The molecule has 0 aliphatic carbocycles. The number of benzene rings is 1. The standard InChI is InChI=1S/C16H19N3OS/c1-11-13(8-5-9-17-11)18-15(20)14-10-21-16(19-14)12-6-3-2-4-7-12/h2-4,6-7,10-11,13,17H,5,8-9H2,1H3,(H,18,20). The molecular weight excluding hydrogens is 282 g/mol. The highest BCUT2D eigenvalue weighted by Gasteiger charge is 2.23. The summed E-state index contributed by atoms with van der Waals surface area (Å²) < 4.78 is 0. The van der Waals surface area contributed by atoms with E-state index in [2.05, 4.69) is 22.5 Å². The number of rotatable bonds is 3. The average Bonchev–Trinajstić information content (AvgIpc) is 3.00. The number of hydrogen-bond donors (Lipinski definition) is 2. The SMILES string of the molecule is CC1NCCCC1NC(=O)c1csc(-c2ccccc2)n1. The van der Waals surface area contributed by atoms with Crippen LogP contribution >= 0.6 is 11.3 Å². The summed E-state index contributed by atoms with van der Waals surface area (Å²) in [6, 6.07) is 10.4. The van der Waals surface area contributed by atoms with Gasteiger partial charge < -0.3 is 10.6 Å². The number of thiazole rings is 1. The first kappa shape index (κ1) is 14.2. The molecule has 1 saturated heterocycles. The van der Waals surface area contributed by atoms with Gasteiger partial charge in [-0.3, -0.25) is 4.79 Å². The van der Waals surface area contributed by atoms with Crippen LogP contribution in [0.1, 0.15) is 30.3 Å². The summed E-state index contributed by atoms with van der Waals surface area (Å²) in [7, 11) is 0. The van der Waals surface area contributed by atoms with E-state index < -0.39 is 0 Å². The Hall–Kier alpha value is -1.72. The molecule has 1 aliphatic rings. The molecule has 21 heavy (non-hydrogen) atoms. The Morgan fingerprint density at radius 3 is 2.95 bits per heavy atom. The number of nitrogens with zero attached hydrogens (tertiary/aromatic N) is 1. The third-order valence-corrected chi connectivity index (χ3v) is 4.73. The Morgan fingerprint density at radius 1 is 1.38 bits per heavy atom. The molecule has 0 saturated carbocycles. The van der Waals surface area contributed by atoms with Crippen LogP contribution in [0.4, 0.5) is 0 Å². The predicted molar refractivity (Wildman–Crippen MR) is 85.5 cm³/mol. The maximum atomic E-state index is 12.3. The fraction of sp³-hybridized carbons (Fsp3) is 0.375. The number of nitrogens with one attached hydrogen (secondary N) is 2. The lowest BCUT2D eigenvalue weighted by Gasteiger charge is -2.30. The summed E-state index contributed by atoms with van der Waals surface area (Å²) in [5.74, 6) is -0.0750. The van der Waals surface area contributed by atoms with E-state index in [-0.39, 0.29) is 11.9 Å². The zero-order chi connectivity index (χ0) is 14.7. The molecule has 1 aliphatic heterocycles. The highest BCUT2D eigenvalue weighted by molar-refractivity contribution is 7.13. The Bertz CT molecular complexity index is 611. The molecule has 1 fully saturated rings. The molecule has 110 valence electrons. The number of piperidine rings is 1. The lowest BCUT2D eigenvalue weighted by molar-refractivity contribution is 0.0915. The van der Waals surface area contributed by atoms with Crippen LogP contribution < -0.4 is 10.6 Å². The molecule has 0 bridgehead atoms. The van der Waals surface area contributed by atoms with E-state index in [1.54, 1.807) is 0 Å². The molecular formula is C16H19N3OS. The van der Waals surface area contributed by atoms with E-state index in [0.29, 0.717) is 11.7 Å². The number of carbonyl (C=O) groups excluding carboxylic acids is 1. The smallest absolute Gasteiger partial charge is 0.271 e. The highest BCUT2D eigenvalue weighted by Crippen LogP contribution is 2.23. The van der Waals surface area contributed by atoms with Gasteiger partial charge in [-0.05, 0) is 26.3 Å². The van der Waals surface area contributed by atoms with Crippen LogP contribution in [0.25, 0.3) is 10.6 Å². The largest absolute Gasteiger partial charge is 0.346 e. The van der Waals surface area contributed by atoms with Crippen LogP contribution in [0.15, 0.2) is 35.7 Å². The van der Waals surface area contributed by atoms with E-state index >= 15 is 0 Å². The van der Waals surface area contributed by atoms with Crippen LogP contribution in [-0.4, -0.2) is 29.5 Å². The molecule has 1 amide bonds. The van der Waals surface area contributed by atoms with Crippen molar-refractivity contribution in [3.63, 3.8) is 0 Å². The first-order valence-corrected chi connectivity index (χ1v) is 8.17. The molecule has 1 aromatic carbocycles. The predicted octanol–water partition coefficient (Wildman–Crippen LogP) is 2.68. The Labute approximate surface area is 128 Å². The minimum absolute atomic E-state index is 0.0750. The number of hydrogen-bond acceptors (Lipinski definition) is 4. The molecule has 0 spiro atoms. The van der Waals surface area contributed by atoms with Crippen LogP contribution in [0, 0.1) is 0 Å². The van der Waals surface area contributed by atoms with Gasteiger partial charge in [-0.25, -0.2) is 4.98 Å². The van der Waals surface area contributed by atoms with Crippen molar-refractivity contribution in [3.05, 3.63) is 41.4 Å². The van der Waals surface area contributed by atoms with Gasteiger partial charge in [0.1, 0.15) is 10.7 Å². The average molecular weight is 301 g/mol. The monoisotopic (exact) mass is 301 g/mol. The van der Waals surface area contributed by atoms with Crippen molar-refractivity contribution >= 4 is 17.2 Å². The molecule has 2 atom stereocenters. The van der Waals surface area contributed by atoms with Crippen LogP contribution in [-0.2, 0) is 0 Å². The van der Waals surface area contributed by atoms with Gasteiger partial charge in [0, 0.05) is 23.0 Å². The van der Waals surface area contributed by atoms with Gasteiger partial charge >= 0.3 is 0 Å².